The van der Waals surface area contributed by atoms with Crippen molar-refractivity contribution in [2.75, 3.05) is 26.2 Å². The summed E-state index contributed by atoms with van der Waals surface area (Å²) in [6.45, 7) is 1.25. The molecule has 2 rings (SSSR count). The molecular formula is C25H36Cl2N4O4. The van der Waals surface area contributed by atoms with Crippen molar-refractivity contribution < 1.29 is 19.2 Å². The minimum absolute atomic E-state index is 0. The normalized spacial score (nSPS) is 9.86. The quantitative estimate of drug-likeness (QED) is 0.221. The molecule has 0 aliphatic heterocycles. The molecule has 0 spiro atoms. The largest absolute Gasteiger partial charge is 0.354 e. The highest BCUT2D eigenvalue weighted by Gasteiger charge is 2.09. The van der Waals surface area contributed by atoms with Crippen molar-refractivity contribution in [2.24, 2.45) is 5.73 Å². The molecule has 35 heavy (non-hydrogen) atoms. The van der Waals surface area contributed by atoms with E-state index in [0.717, 1.165) is 31.2 Å². The molecule has 194 valence electrons. The van der Waals surface area contributed by atoms with Gasteiger partial charge in [0, 0.05) is 19.6 Å². The van der Waals surface area contributed by atoms with Crippen LogP contribution in [0.5, 0.6) is 0 Å². The molecule has 0 saturated carbocycles. The smallest absolute Gasteiger partial charge is 0.334 e. The highest BCUT2D eigenvalue weighted by molar-refractivity contribution is 5.85. The van der Waals surface area contributed by atoms with Crippen LogP contribution in [-0.2, 0) is 38.5 Å². The third-order valence-electron chi connectivity index (χ3n) is 4.95. The lowest BCUT2D eigenvalue weighted by Crippen LogP contribution is -2.37. The minimum atomic E-state index is -0.621. The first-order valence-corrected chi connectivity index (χ1v) is 11.3. The lowest BCUT2D eigenvalue weighted by molar-refractivity contribution is -0.158. The molecule has 2 aromatic rings. The summed E-state index contributed by atoms with van der Waals surface area (Å²) in [6.07, 6.45) is 4.39. The van der Waals surface area contributed by atoms with Crippen molar-refractivity contribution in [1.29, 1.82) is 0 Å². The molecule has 5 N–H and O–H groups in total. The van der Waals surface area contributed by atoms with E-state index < -0.39 is 11.9 Å². The minimum Gasteiger partial charge on any atom is -0.354 e. The summed E-state index contributed by atoms with van der Waals surface area (Å²) in [6, 6.07) is 18.4. The zero-order valence-corrected chi connectivity index (χ0v) is 21.4. The summed E-state index contributed by atoms with van der Waals surface area (Å²) in [5.74, 6) is -1.27. The second-order valence-corrected chi connectivity index (χ2v) is 7.75. The molecule has 0 aromatic heterocycles. The van der Waals surface area contributed by atoms with E-state index in [2.05, 4.69) is 40.4 Å². The Morgan fingerprint density at radius 3 is 2.00 bits per heavy atom. The lowest BCUT2D eigenvalue weighted by atomic mass is 10.0. The molecule has 0 radical (unpaired) electrons. The highest BCUT2D eigenvalue weighted by Crippen LogP contribution is 2.11. The van der Waals surface area contributed by atoms with Crippen LogP contribution in [0.3, 0.4) is 0 Å². The topological polar surface area (TPSA) is 123 Å². The van der Waals surface area contributed by atoms with Gasteiger partial charge in [0.25, 0.3) is 5.91 Å². The molecule has 0 aliphatic carbocycles. The van der Waals surface area contributed by atoms with Gasteiger partial charge in [0.15, 0.2) is 0 Å². The molecule has 0 heterocycles. The summed E-state index contributed by atoms with van der Waals surface area (Å²) in [5.41, 5.74) is 10.9. The molecule has 2 amide bonds. The Morgan fingerprint density at radius 2 is 1.37 bits per heavy atom. The number of aryl methyl sites for hydroxylation is 2. The van der Waals surface area contributed by atoms with Gasteiger partial charge < -0.3 is 21.2 Å². The molecular weight excluding hydrogens is 491 g/mol. The third kappa shape index (κ3) is 15.1. The van der Waals surface area contributed by atoms with Crippen LogP contribution < -0.4 is 21.8 Å². The Balaban J connectivity index is 0.00000578. The van der Waals surface area contributed by atoms with Gasteiger partial charge in [0.2, 0.25) is 5.91 Å². The van der Waals surface area contributed by atoms with Crippen LogP contribution in [0.15, 0.2) is 54.6 Å². The van der Waals surface area contributed by atoms with E-state index in [4.69, 9.17) is 10.6 Å². The molecule has 0 unspecified atom stereocenters. The molecule has 0 aliphatic rings. The Bertz CT molecular complexity index is 868. The number of benzene rings is 2. The summed E-state index contributed by atoms with van der Waals surface area (Å²) >= 11 is 0. The lowest BCUT2D eigenvalue weighted by Gasteiger charge is -2.08. The van der Waals surface area contributed by atoms with Crippen molar-refractivity contribution in [2.45, 2.75) is 38.5 Å². The molecule has 0 bridgehead atoms. The van der Waals surface area contributed by atoms with Gasteiger partial charge in [0.05, 0.1) is 19.4 Å². The zero-order chi connectivity index (χ0) is 23.7. The molecule has 0 saturated heterocycles. The second kappa shape index (κ2) is 19.6. The van der Waals surface area contributed by atoms with Crippen molar-refractivity contribution in [3.63, 3.8) is 0 Å². The molecule has 0 atom stereocenters. The predicted octanol–water partition coefficient (Wildman–Crippen LogP) is 2.27. The van der Waals surface area contributed by atoms with Gasteiger partial charge in [-0.15, -0.1) is 24.8 Å². The summed E-state index contributed by atoms with van der Waals surface area (Å²) in [5, 5.41) is 5.42. The van der Waals surface area contributed by atoms with E-state index in [0.29, 0.717) is 13.1 Å². The van der Waals surface area contributed by atoms with E-state index >= 15 is 0 Å². The maximum atomic E-state index is 12.0. The van der Waals surface area contributed by atoms with E-state index in [1.807, 2.05) is 30.3 Å². The van der Waals surface area contributed by atoms with Crippen LogP contribution in [0.2, 0.25) is 0 Å². The summed E-state index contributed by atoms with van der Waals surface area (Å²) in [4.78, 5) is 39.9. The molecule has 8 nitrogen and oxygen atoms in total. The number of halogens is 2. The van der Waals surface area contributed by atoms with Crippen LogP contribution in [0.4, 0.5) is 0 Å². The van der Waals surface area contributed by atoms with E-state index in [1.54, 1.807) is 0 Å². The fourth-order valence-corrected chi connectivity index (χ4v) is 3.18. The number of hydrogen-bond acceptors (Lipinski definition) is 6. The van der Waals surface area contributed by atoms with Gasteiger partial charge in [-0.1, -0.05) is 54.6 Å². The van der Waals surface area contributed by atoms with Crippen molar-refractivity contribution in [3.8, 4) is 0 Å². The Morgan fingerprint density at radius 1 is 0.771 bits per heavy atom. The van der Waals surface area contributed by atoms with Crippen LogP contribution in [0.25, 0.3) is 0 Å². The number of nitrogens with two attached hydrogens (primary N) is 1. The first kappa shape index (κ1) is 32.4. The fourth-order valence-electron chi connectivity index (χ4n) is 3.18. The first-order valence-electron chi connectivity index (χ1n) is 11.3. The van der Waals surface area contributed by atoms with Gasteiger partial charge in [-0.05, 0) is 42.4 Å². The molecule has 10 heteroatoms. The van der Waals surface area contributed by atoms with Crippen LogP contribution in [0, 0.1) is 0 Å². The zero-order valence-electron chi connectivity index (χ0n) is 19.8. The molecule has 2 aromatic carbocycles. The Kier molecular flexibility index (Phi) is 18.1. The second-order valence-electron chi connectivity index (χ2n) is 7.75. The van der Waals surface area contributed by atoms with E-state index in [-0.39, 0.29) is 56.7 Å². The van der Waals surface area contributed by atoms with Crippen LogP contribution in [-0.4, -0.2) is 44.0 Å². The average Bonchev–Trinajstić information content (AvgIpc) is 2.82. The van der Waals surface area contributed by atoms with Crippen molar-refractivity contribution in [1.82, 2.24) is 16.1 Å². The number of hydroxylamine groups is 1. The van der Waals surface area contributed by atoms with Gasteiger partial charge in [-0.3, -0.25) is 9.59 Å². The number of amides is 2. The van der Waals surface area contributed by atoms with E-state index in [1.165, 1.54) is 11.1 Å². The maximum Gasteiger partial charge on any atom is 0.334 e. The monoisotopic (exact) mass is 526 g/mol. The molecule has 0 fully saturated rings. The predicted molar refractivity (Wildman–Crippen MR) is 142 cm³/mol. The van der Waals surface area contributed by atoms with E-state index in [9.17, 15) is 14.4 Å². The van der Waals surface area contributed by atoms with Crippen molar-refractivity contribution >= 4 is 42.6 Å². The third-order valence-corrected chi connectivity index (χ3v) is 4.95. The summed E-state index contributed by atoms with van der Waals surface area (Å²) in [7, 11) is 0. The first-order chi connectivity index (χ1) is 16.1. The number of carbonyl (C=O) groups is 3. The van der Waals surface area contributed by atoms with Gasteiger partial charge in [-0.2, -0.15) is 5.48 Å². The number of unbranched alkanes of at least 4 members (excludes halogenated alkanes) is 1. The Hall–Kier alpha value is -2.65. The standard InChI is InChI=1S/C25H34N4O4.2ClH/c26-15-17-27-19-24(31)28-16-14-25(32)33-29-23(30)18-22-12-10-21(11-13-22)9-5-4-8-20-6-2-1-3-7-20;;/h1-3,6-7,10-13,27H,4-5,8-9,14-19,26H2,(H,28,31)(H,29,30);2*1H. The number of hydrogen-bond donors (Lipinski definition) is 4. The summed E-state index contributed by atoms with van der Waals surface area (Å²) < 4.78 is 0. The number of carbonyl (C=O) groups excluding carboxylic acids is 3. The fraction of sp³-hybridized carbons (Fsp3) is 0.400. The SMILES string of the molecule is Cl.Cl.NCCNCC(=O)NCCC(=O)ONC(=O)Cc1ccc(CCCCc2ccccc2)cc1. The average molecular weight is 527 g/mol. The van der Waals surface area contributed by atoms with Gasteiger partial charge in [0.1, 0.15) is 0 Å². The van der Waals surface area contributed by atoms with Crippen molar-refractivity contribution in [3.05, 3.63) is 71.3 Å². The maximum absolute atomic E-state index is 12.0. The van der Waals surface area contributed by atoms with Gasteiger partial charge >= 0.3 is 5.97 Å². The number of rotatable bonds is 14. The van der Waals surface area contributed by atoms with Crippen LogP contribution >= 0.6 is 24.8 Å². The van der Waals surface area contributed by atoms with Crippen LogP contribution in [0.1, 0.15) is 36.0 Å². The highest BCUT2D eigenvalue weighted by atomic mass is 35.5. The number of nitrogens with one attached hydrogen (secondary N) is 3. The Labute approximate surface area is 219 Å². The van der Waals surface area contributed by atoms with Gasteiger partial charge in [-0.25, -0.2) is 4.79 Å².